The van der Waals surface area contributed by atoms with Gasteiger partial charge in [0.05, 0.1) is 52.9 Å². The summed E-state index contributed by atoms with van der Waals surface area (Å²) in [5, 5.41) is 10.5. The van der Waals surface area contributed by atoms with E-state index in [1.165, 1.54) is 41.6 Å². The van der Waals surface area contributed by atoms with Crippen LogP contribution in [0, 0.1) is 0 Å². The van der Waals surface area contributed by atoms with E-state index >= 15 is 0 Å². The van der Waals surface area contributed by atoms with Gasteiger partial charge >= 0.3 is 18.2 Å². The average Bonchev–Trinajstić information content (AvgIpc) is 3.54. The zero-order valence-electron chi connectivity index (χ0n) is 19.6. The zero-order chi connectivity index (χ0) is 27.4. The van der Waals surface area contributed by atoms with Crippen LogP contribution >= 0.6 is 23.2 Å². The van der Waals surface area contributed by atoms with Gasteiger partial charge in [0.1, 0.15) is 5.41 Å². The highest BCUT2D eigenvalue weighted by Gasteiger charge is 2.60. The minimum atomic E-state index is -4.72. The molecule has 0 radical (unpaired) electrons. The van der Waals surface area contributed by atoms with Crippen molar-refractivity contribution in [2.75, 3.05) is 23.4 Å². The molecular weight excluding hydrogens is 552 g/mol. The minimum absolute atomic E-state index is 0.0364. The van der Waals surface area contributed by atoms with Crippen molar-refractivity contribution in [3.63, 3.8) is 0 Å². The van der Waals surface area contributed by atoms with Gasteiger partial charge in [-0.25, -0.2) is 28.8 Å². The highest BCUT2D eigenvalue weighted by molar-refractivity contribution is 6.32. The molecule has 16 heteroatoms. The van der Waals surface area contributed by atoms with Crippen LogP contribution in [0.5, 0.6) is 0 Å². The molecule has 11 nitrogen and oxygen atoms in total. The smallest absolute Gasteiger partial charge is 0.401 e. The molecule has 0 bridgehead atoms. The fraction of sp³-hybridized carbons (Fsp3) is 0.273. The number of halogens is 5. The van der Waals surface area contributed by atoms with E-state index in [9.17, 15) is 22.8 Å². The predicted molar refractivity (Wildman–Crippen MR) is 130 cm³/mol. The van der Waals surface area contributed by atoms with Crippen molar-refractivity contribution in [1.29, 1.82) is 0 Å². The van der Waals surface area contributed by atoms with Crippen molar-refractivity contribution >= 4 is 52.2 Å². The SMILES string of the molecule is CCOC(=O)c1cnn(-c2ncc(NC(=O)N3C[C@@](C)(C(F)(F)F)c4c3cnc3cc(Cl)nn43)cc2Cl)c1. The largest absolute Gasteiger partial charge is 0.462 e. The normalized spacial score (nSPS) is 17.1. The van der Waals surface area contributed by atoms with Crippen LogP contribution in [0.4, 0.5) is 29.3 Å². The lowest BCUT2D eigenvalue weighted by Crippen LogP contribution is -2.46. The summed E-state index contributed by atoms with van der Waals surface area (Å²) in [5.41, 5.74) is -2.38. The summed E-state index contributed by atoms with van der Waals surface area (Å²) in [6.45, 7) is 2.12. The Hall–Kier alpha value is -3.91. The van der Waals surface area contributed by atoms with Crippen LogP contribution in [0.25, 0.3) is 11.5 Å². The number of ether oxygens (including phenoxy) is 1. The predicted octanol–water partition coefficient (Wildman–Crippen LogP) is 4.67. The first-order chi connectivity index (χ1) is 17.9. The molecule has 1 aliphatic rings. The van der Waals surface area contributed by atoms with E-state index in [4.69, 9.17) is 27.9 Å². The molecule has 0 fully saturated rings. The van der Waals surface area contributed by atoms with E-state index in [1.54, 1.807) is 6.92 Å². The molecule has 2 amide bonds. The molecule has 4 aromatic rings. The number of hydrogen-bond donors (Lipinski definition) is 1. The number of anilines is 2. The maximum Gasteiger partial charge on any atom is 0.401 e. The van der Waals surface area contributed by atoms with Crippen LogP contribution in [0.1, 0.15) is 29.9 Å². The molecule has 1 aliphatic heterocycles. The summed E-state index contributed by atoms with van der Waals surface area (Å²) in [7, 11) is 0. The standard InChI is InChI=1S/C22H17Cl2F3N8O3/c1-3-38-19(36)11-6-30-34(9-11)18-13(23)4-12(7-29-18)31-20(37)33-10-21(2,22(25,26)27)17-14(33)8-28-16-5-15(24)32-35(16)17/h4-9H,3,10H2,1-2H3,(H,31,37)/t21-/m1/s1. The quantitative estimate of drug-likeness (QED) is 0.355. The second-order valence-corrected chi connectivity index (χ2v) is 9.29. The maximum absolute atomic E-state index is 14.3. The van der Waals surface area contributed by atoms with Gasteiger partial charge in [0.25, 0.3) is 0 Å². The van der Waals surface area contributed by atoms with E-state index in [-0.39, 0.29) is 50.9 Å². The summed E-state index contributed by atoms with van der Waals surface area (Å²) >= 11 is 12.2. The number of carbonyl (C=O) groups is 2. The Kier molecular flexibility index (Phi) is 6.18. The Bertz CT molecular complexity index is 1590. The summed E-state index contributed by atoms with van der Waals surface area (Å²) in [4.78, 5) is 34.2. The van der Waals surface area contributed by atoms with Crippen LogP contribution in [-0.2, 0) is 10.2 Å². The van der Waals surface area contributed by atoms with Crippen LogP contribution < -0.4 is 10.2 Å². The van der Waals surface area contributed by atoms with Crippen LogP contribution in [0.2, 0.25) is 10.2 Å². The summed E-state index contributed by atoms with van der Waals surface area (Å²) in [5.74, 6) is -0.418. The van der Waals surface area contributed by atoms with Crippen LogP contribution in [-0.4, -0.2) is 60.7 Å². The third-order valence-corrected chi connectivity index (χ3v) is 6.44. The number of hydrogen-bond acceptors (Lipinski definition) is 7. The fourth-order valence-corrected chi connectivity index (χ4v) is 4.54. The Labute approximate surface area is 222 Å². The number of amides is 2. The second kappa shape index (κ2) is 9.13. The number of pyridine rings is 1. The van der Waals surface area contributed by atoms with Gasteiger partial charge in [-0.2, -0.15) is 23.4 Å². The van der Waals surface area contributed by atoms with Gasteiger partial charge in [0.2, 0.25) is 0 Å². The molecule has 0 saturated carbocycles. The summed E-state index contributed by atoms with van der Waals surface area (Å²) in [6.07, 6.45) is 0.360. The van der Waals surface area contributed by atoms with Gasteiger partial charge in [0.15, 0.2) is 16.6 Å². The number of esters is 1. The highest BCUT2D eigenvalue weighted by atomic mass is 35.5. The molecule has 0 spiro atoms. The first-order valence-corrected chi connectivity index (χ1v) is 11.8. The third kappa shape index (κ3) is 4.19. The molecule has 1 atom stereocenters. The Balaban J connectivity index is 1.43. The Morgan fingerprint density at radius 3 is 2.63 bits per heavy atom. The van der Waals surface area contributed by atoms with Crippen molar-refractivity contribution in [2.45, 2.75) is 25.4 Å². The number of urea groups is 1. The summed E-state index contributed by atoms with van der Waals surface area (Å²) in [6, 6.07) is 1.81. The van der Waals surface area contributed by atoms with Crippen molar-refractivity contribution in [3.8, 4) is 5.82 Å². The molecule has 38 heavy (non-hydrogen) atoms. The maximum atomic E-state index is 14.3. The van der Waals surface area contributed by atoms with Crippen molar-refractivity contribution in [2.24, 2.45) is 0 Å². The van der Waals surface area contributed by atoms with Crippen molar-refractivity contribution < 1.29 is 27.5 Å². The number of nitrogens with one attached hydrogen (secondary N) is 1. The Morgan fingerprint density at radius 2 is 1.95 bits per heavy atom. The zero-order valence-corrected chi connectivity index (χ0v) is 21.1. The van der Waals surface area contributed by atoms with E-state index in [0.717, 1.165) is 16.3 Å². The van der Waals surface area contributed by atoms with E-state index in [1.807, 2.05) is 0 Å². The lowest BCUT2D eigenvalue weighted by atomic mass is 9.88. The first kappa shape index (κ1) is 25.7. The monoisotopic (exact) mass is 568 g/mol. The number of alkyl halides is 3. The number of carbonyl (C=O) groups excluding carboxylic acids is 2. The molecular formula is C22H17Cl2F3N8O3. The van der Waals surface area contributed by atoms with Crippen molar-refractivity contribution in [3.05, 3.63) is 58.4 Å². The first-order valence-electron chi connectivity index (χ1n) is 11.0. The highest BCUT2D eigenvalue weighted by Crippen LogP contribution is 2.50. The lowest BCUT2D eigenvalue weighted by Gasteiger charge is -2.28. The molecule has 0 saturated heterocycles. The number of rotatable bonds is 4. The van der Waals surface area contributed by atoms with E-state index in [2.05, 4.69) is 25.5 Å². The molecule has 4 aromatic heterocycles. The molecule has 0 aromatic carbocycles. The molecule has 5 rings (SSSR count). The van der Waals surface area contributed by atoms with Gasteiger partial charge < -0.3 is 10.1 Å². The molecule has 5 heterocycles. The molecule has 1 N–H and O–H groups in total. The second-order valence-electron chi connectivity index (χ2n) is 8.50. The van der Waals surface area contributed by atoms with Gasteiger partial charge in [-0.05, 0) is 19.9 Å². The third-order valence-electron chi connectivity index (χ3n) is 5.98. The number of nitrogens with zero attached hydrogens (tertiary/aromatic N) is 7. The number of aromatic nitrogens is 6. The lowest BCUT2D eigenvalue weighted by molar-refractivity contribution is -0.181. The minimum Gasteiger partial charge on any atom is -0.462 e. The molecule has 0 aliphatic carbocycles. The van der Waals surface area contributed by atoms with Crippen LogP contribution in [0.3, 0.4) is 0 Å². The van der Waals surface area contributed by atoms with E-state index < -0.39 is 30.1 Å². The topological polar surface area (TPSA) is 120 Å². The van der Waals surface area contributed by atoms with Gasteiger partial charge in [0, 0.05) is 18.8 Å². The fourth-order valence-electron chi connectivity index (χ4n) is 4.11. The van der Waals surface area contributed by atoms with Crippen LogP contribution in [0.15, 0.2) is 36.9 Å². The number of fused-ring (bicyclic) bond motifs is 3. The van der Waals surface area contributed by atoms with Gasteiger partial charge in [-0.3, -0.25) is 4.90 Å². The average molecular weight is 569 g/mol. The molecule has 198 valence electrons. The van der Waals surface area contributed by atoms with Gasteiger partial charge in [-0.1, -0.05) is 23.2 Å². The summed E-state index contributed by atoms with van der Waals surface area (Å²) < 4.78 is 49.9. The van der Waals surface area contributed by atoms with E-state index in [0.29, 0.717) is 0 Å². The Morgan fingerprint density at radius 1 is 1.18 bits per heavy atom. The van der Waals surface area contributed by atoms with Crippen molar-refractivity contribution in [1.82, 2.24) is 29.4 Å². The van der Waals surface area contributed by atoms with Gasteiger partial charge in [-0.15, -0.1) is 0 Å². The molecule has 0 unspecified atom stereocenters.